The molecule has 0 saturated heterocycles. The van der Waals surface area contributed by atoms with Gasteiger partial charge in [0.1, 0.15) is 0 Å². The van der Waals surface area contributed by atoms with Crippen LogP contribution in [0.2, 0.25) is 0 Å². The maximum Gasteiger partial charge on any atom is 0.261 e. The van der Waals surface area contributed by atoms with Gasteiger partial charge < -0.3 is 9.80 Å². The van der Waals surface area contributed by atoms with Crippen LogP contribution in [0.15, 0.2) is 48.4 Å². The van der Waals surface area contributed by atoms with Gasteiger partial charge in [0.2, 0.25) is 0 Å². The van der Waals surface area contributed by atoms with Gasteiger partial charge in [-0.2, -0.15) is 0 Å². The van der Waals surface area contributed by atoms with Gasteiger partial charge in [-0.15, -0.1) is 0 Å². The van der Waals surface area contributed by atoms with Crippen LogP contribution in [-0.4, -0.2) is 95.6 Å². The minimum atomic E-state index is -0.530. The van der Waals surface area contributed by atoms with E-state index in [1.54, 1.807) is 0 Å². The summed E-state index contributed by atoms with van der Waals surface area (Å²) in [7, 11) is 0. The second-order valence-corrected chi connectivity index (χ2v) is 11.4. The standard InChI is InChI=1S/C36H36N4O4/c1-5-37(6-2)17-19-39-33(41)25-13-9-21-23-11-15-27-32-28(36(44)40(35(27)43)20-18-38(7-3)8-4)16-12-24(30(23)32)22-10-14-26(34(39)42)31(25)29(21)22/h9-16H,5-8,17-20H2,1-4H3/i9D,10D,11D,12D. The smallest absolute Gasteiger partial charge is 0.261 e. The van der Waals surface area contributed by atoms with Crippen LogP contribution in [-0.2, 0) is 0 Å². The number of amides is 4. The molecule has 0 saturated carbocycles. The van der Waals surface area contributed by atoms with Crippen molar-refractivity contribution in [2.45, 2.75) is 27.7 Å². The Morgan fingerprint density at radius 2 is 0.773 bits per heavy atom. The number of likely N-dealkylation sites (N-methyl/N-ethyl adjacent to an activating group) is 2. The predicted octanol–water partition coefficient (Wildman–Crippen LogP) is 5.61. The molecule has 0 bridgehead atoms. The topological polar surface area (TPSA) is 81.2 Å². The van der Waals surface area contributed by atoms with Crippen molar-refractivity contribution < 1.29 is 24.7 Å². The van der Waals surface area contributed by atoms with Crippen LogP contribution in [0.1, 0.15) is 74.6 Å². The number of benzene rings is 5. The maximum absolute atomic E-state index is 13.9. The van der Waals surface area contributed by atoms with Gasteiger partial charge in [-0.3, -0.25) is 29.0 Å². The summed E-state index contributed by atoms with van der Waals surface area (Å²) >= 11 is 0. The van der Waals surface area contributed by atoms with E-state index in [9.17, 15) is 24.7 Å². The highest BCUT2D eigenvalue weighted by molar-refractivity contribution is 6.41. The normalized spacial score (nSPS) is 16.4. The fourth-order valence-electron chi connectivity index (χ4n) is 6.93. The molecule has 0 unspecified atom stereocenters. The summed E-state index contributed by atoms with van der Waals surface area (Å²) in [5, 5.41) is 2.21. The number of nitrogens with zero attached hydrogens (tertiary/aromatic N) is 4. The molecule has 0 radical (unpaired) electrons. The van der Waals surface area contributed by atoms with Crippen molar-refractivity contribution in [3.8, 4) is 0 Å². The van der Waals surface area contributed by atoms with Crippen molar-refractivity contribution in [1.82, 2.24) is 19.6 Å². The first-order valence-electron chi connectivity index (χ1n) is 17.4. The number of imide groups is 2. The molecule has 5 aromatic carbocycles. The van der Waals surface area contributed by atoms with E-state index in [-0.39, 0.29) is 81.1 Å². The van der Waals surface area contributed by atoms with Crippen molar-refractivity contribution in [2.24, 2.45) is 0 Å². The van der Waals surface area contributed by atoms with Crippen molar-refractivity contribution >= 4 is 66.7 Å². The molecule has 8 nitrogen and oxygen atoms in total. The van der Waals surface area contributed by atoms with Gasteiger partial charge in [-0.25, -0.2) is 0 Å². The number of carbonyl (C=O) groups is 4. The fourth-order valence-corrected chi connectivity index (χ4v) is 6.93. The number of hydrogen-bond donors (Lipinski definition) is 0. The molecule has 44 heavy (non-hydrogen) atoms. The zero-order chi connectivity index (χ0) is 34.3. The van der Waals surface area contributed by atoms with Gasteiger partial charge in [0, 0.05) is 59.2 Å². The number of fused-ring (bicyclic) bond motifs is 2. The molecule has 0 aliphatic carbocycles. The van der Waals surface area contributed by atoms with Crippen molar-refractivity contribution in [3.05, 3.63) is 70.7 Å². The summed E-state index contributed by atoms with van der Waals surface area (Å²) < 4.78 is 36.8. The Morgan fingerprint density at radius 3 is 1.02 bits per heavy atom. The van der Waals surface area contributed by atoms with Crippen molar-refractivity contribution in [2.75, 3.05) is 52.4 Å². The molecule has 8 heteroatoms. The van der Waals surface area contributed by atoms with Crippen molar-refractivity contribution in [3.63, 3.8) is 0 Å². The molecule has 0 aromatic heterocycles. The van der Waals surface area contributed by atoms with E-state index < -0.39 is 23.6 Å². The molecule has 4 amide bonds. The summed E-state index contributed by atoms with van der Waals surface area (Å²) in [6.45, 7) is 12.3. The van der Waals surface area contributed by atoms with Crippen molar-refractivity contribution in [1.29, 1.82) is 0 Å². The summed E-state index contributed by atoms with van der Waals surface area (Å²) in [4.78, 5) is 62.2. The van der Waals surface area contributed by atoms with Crippen LogP contribution in [0, 0.1) is 0 Å². The van der Waals surface area contributed by atoms with E-state index in [1.807, 2.05) is 27.7 Å². The third kappa shape index (κ3) is 3.90. The maximum atomic E-state index is 13.9. The zero-order valence-corrected chi connectivity index (χ0v) is 25.4. The molecule has 0 fully saturated rings. The quantitative estimate of drug-likeness (QED) is 0.119. The first kappa shape index (κ1) is 24.0. The lowest BCUT2D eigenvalue weighted by molar-refractivity contribution is 0.0579. The van der Waals surface area contributed by atoms with Crippen LogP contribution in [0.4, 0.5) is 0 Å². The molecule has 2 aliphatic rings. The van der Waals surface area contributed by atoms with E-state index in [1.165, 1.54) is 34.1 Å². The van der Waals surface area contributed by atoms with Crippen LogP contribution >= 0.6 is 0 Å². The monoisotopic (exact) mass is 592 g/mol. The summed E-state index contributed by atoms with van der Waals surface area (Å²) in [5.41, 5.74) is 0.650. The Hall–Kier alpha value is -4.40. The highest BCUT2D eigenvalue weighted by atomic mass is 16.2. The molecule has 2 heterocycles. The lowest BCUT2D eigenvalue weighted by Crippen LogP contribution is -2.44. The fraction of sp³-hybridized carbons (Fsp3) is 0.333. The molecular weight excluding hydrogens is 552 g/mol. The van der Waals surface area contributed by atoms with E-state index in [2.05, 4.69) is 9.80 Å². The minimum Gasteiger partial charge on any atom is -0.302 e. The third-order valence-electron chi connectivity index (χ3n) is 9.49. The predicted molar refractivity (Wildman–Crippen MR) is 174 cm³/mol. The molecule has 224 valence electrons. The average Bonchev–Trinajstić information content (AvgIpc) is 3.07. The van der Waals surface area contributed by atoms with Crippen LogP contribution < -0.4 is 0 Å². The summed E-state index contributed by atoms with van der Waals surface area (Å²) in [6, 6.07) is 5.34. The third-order valence-corrected chi connectivity index (χ3v) is 9.49. The van der Waals surface area contributed by atoms with E-state index in [0.29, 0.717) is 34.6 Å². The average molecular weight is 593 g/mol. The Kier molecular flexibility index (Phi) is 5.80. The molecule has 0 spiro atoms. The van der Waals surface area contributed by atoms with Gasteiger partial charge >= 0.3 is 0 Å². The lowest BCUT2D eigenvalue weighted by atomic mass is 9.82. The Morgan fingerprint density at radius 1 is 0.500 bits per heavy atom. The molecule has 0 atom stereocenters. The summed E-state index contributed by atoms with van der Waals surface area (Å²) in [6.07, 6.45) is 0. The molecule has 5 aromatic rings. The Labute approximate surface area is 261 Å². The van der Waals surface area contributed by atoms with E-state index >= 15 is 0 Å². The number of hydrogen-bond acceptors (Lipinski definition) is 6. The first-order valence-corrected chi connectivity index (χ1v) is 15.4. The molecular formula is C36H36N4O4. The van der Waals surface area contributed by atoms with E-state index in [0.717, 1.165) is 26.2 Å². The second kappa shape index (κ2) is 10.6. The van der Waals surface area contributed by atoms with Gasteiger partial charge in [-0.1, -0.05) is 51.9 Å². The Bertz CT molecular complexity index is 1960. The second-order valence-electron chi connectivity index (χ2n) is 11.4. The van der Waals surface area contributed by atoms with Gasteiger partial charge in [0.25, 0.3) is 23.6 Å². The van der Waals surface area contributed by atoms with Crippen LogP contribution in [0.5, 0.6) is 0 Å². The van der Waals surface area contributed by atoms with E-state index in [4.69, 9.17) is 0 Å². The minimum absolute atomic E-state index is 0.0811. The van der Waals surface area contributed by atoms with Gasteiger partial charge in [0.05, 0.1) is 5.48 Å². The highest BCUT2D eigenvalue weighted by Gasteiger charge is 2.36. The van der Waals surface area contributed by atoms with Gasteiger partial charge in [0.15, 0.2) is 0 Å². The zero-order valence-electron chi connectivity index (χ0n) is 29.4. The SMILES string of the molecule is [2H]c1cc2c3c(cc([2H])c4c5c([2H])cc6c7c(cc([2H])c(c1c34)c75)C(=O)N(CCN(CC)CC)C6=O)C(=O)N(CCN(CC)CC)C2=O. The van der Waals surface area contributed by atoms with Gasteiger partial charge in [-0.05, 0) is 82.8 Å². The molecule has 0 N–H and O–H groups in total. The molecule has 2 aliphatic heterocycles. The summed E-state index contributed by atoms with van der Waals surface area (Å²) in [5.74, 6) is -2.12. The number of rotatable bonds is 10. The van der Waals surface area contributed by atoms with Crippen LogP contribution in [0.3, 0.4) is 0 Å². The Balaban J connectivity index is 1.52. The number of carbonyl (C=O) groups excluding carboxylic acids is 4. The largest absolute Gasteiger partial charge is 0.302 e. The molecule has 7 rings (SSSR count). The highest BCUT2D eigenvalue weighted by Crippen LogP contribution is 2.46. The van der Waals surface area contributed by atoms with Crippen LogP contribution in [0.25, 0.3) is 43.1 Å². The lowest BCUT2D eigenvalue weighted by Gasteiger charge is -2.31. The first-order chi connectivity index (χ1) is 23.0.